The molecule has 2 rings (SSSR count). The fraction of sp³-hybridized carbons (Fsp3) is 0.357. The summed E-state index contributed by atoms with van der Waals surface area (Å²) in [5, 5.41) is 0.686. The molecule has 0 fully saturated rings. The van der Waals surface area contributed by atoms with Crippen molar-refractivity contribution < 1.29 is 9.15 Å². The van der Waals surface area contributed by atoms with Crippen LogP contribution >= 0.6 is 11.6 Å². The van der Waals surface area contributed by atoms with Gasteiger partial charge in [-0.15, -0.1) is 0 Å². The molecule has 0 spiro atoms. The van der Waals surface area contributed by atoms with Crippen molar-refractivity contribution in [2.75, 3.05) is 0 Å². The number of hydrogen-bond acceptors (Lipinski definition) is 3. The summed E-state index contributed by atoms with van der Waals surface area (Å²) in [5.41, 5.74) is 2.01. The quantitative estimate of drug-likeness (QED) is 0.825. The molecule has 0 amide bonds. The lowest BCUT2D eigenvalue weighted by atomic mass is 10.0. The molecule has 0 bridgehead atoms. The number of benzene rings is 1. The zero-order valence-electron chi connectivity index (χ0n) is 10.7. The van der Waals surface area contributed by atoms with Crippen LogP contribution in [0.4, 0.5) is 0 Å². The highest BCUT2D eigenvalue weighted by Crippen LogP contribution is 2.26. The van der Waals surface area contributed by atoms with Crippen molar-refractivity contribution in [1.29, 1.82) is 0 Å². The van der Waals surface area contributed by atoms with Crippen molar-refractivity contribution in [2.45, 2.75) is 33.3 Å². The molecule has 0 unspecified atom stereocenters. The fourth-order valence-corrected chi connectivity index (χ4v) is 1.85. The van der Waals surface area contributed by atoms with Crippen molar-refractivity contribution in [2.24, 2.45) is 0 Å². The molecule has 1 heterocycles. The van der Waals surface area contributed by atoms with Crippen molar-refractivity contribution >= 4 is 11.6 Å². The van der Waals surface area contributed by atoms with Crippen LogP contribution in [0.1, 0.15) is 36.8 Å². The molecule has 0 radical (unpaired) electrons. The average molecular weight is 266 g/mol. The summed E-state index contributed by atoms with van der Waals surface area (Å²) in [5.74, 6) is 1.90. The molecule has 0 saturated carbocycles. The van der Waals surface area contributed by atoms with Crippen molar-refractivity contribution in [3.63, 3.8) is 0 Å². The minimum Gasteiger partial charge on any atom is -0.486 e. The van der Waals surface area contributed by atoms with Crippen LogP contribution in [0.25, 0.3) is 0 Å². The summed E-state index contributed by atoms with van der Waals surface area (Å²) >= 11 is 6.07. The lowest BCUT2D eigenvalue weighted by Gasteiger charge is -2.10. The minimum atomic E-state index is 0.365. The first-order valence-electron chi connectivity index (χ1n) is 5.88. The topological polar surface area (TPSA) is 35.3 Å². The second-order valence-corrected chi connectivity index (χ2v) is 4.96. The Labute approximate surface area is 112 Å². The molecule has 4 heteroatoms. The van der Waals surface area contributed by atoms with E-state index >= 15 is 0 Å². The van der Waals surface area contributed by atoms with Gasteiger partial charge in [-0.25, -0.2) is 4.98 Å². The Morgan fingerprint density at radius 2 is 2.11 bits per heavy atom. The Morgan fingerprint density at radius 1 is 1.33 bits per heavy atom. The van der Waals surface area contributed by atoms with E-state index in [4.69, 9.17) is 20.8 Å². The number of oxazole rings is 1. The summed E-state index contributed by atoms with van der Waals surface area (Å²) in [6.07, 6.45) is 1.42. The summed E-state index contributed by atoms with van der Waals surface area (Å²) in [7, 11) is 0. The van der Waals surface area contributed by atoms with E-state index in [1.165, 1.54) is 6.39 Å². The highest BCUT2D eigenvalue weighted by Gasteiger charge is 2.07. The van der Waals surface area contributed by atoms with E-state index in [9.17, 15) is 0 Å². The Balaban J connectivity index is 2.12. The first kappa shape index (κ1) is 13.0. The Bertz CT molecular complexity index is 534. The molecule has 0 aliphatic rings. The van der Waals surface area contributed by atoms with Gasteiger partial charge in [0.05, 0.1) is 5.69 Å². The smallest absolute Gasteiger partial charge is 0.181 e. The average Bonchev–Trinajstić information content (AvgIpc) is 2.71. The fourth-order valence-electron chi connectivity index (χ4n) is 1.61. The van der Waals surface area contributed by atoms with Gasteiger partial charge in [-0.2, -0.15) is 0 Å². The molecule has 1 aromatic heterocycles. The Kier molecular flexibility index (Phi) is 3.92. The van der Waals surface area contributed by atoms with E-state index in [0.29, 0.717) is 17.5 Å². The predicted molar refractivity (Wildman–Crippen MR) is 71.1 cm³/mol. The number of ether oxygens (including phenoxy) is 1. The van der Waals surface area contributed by atoms with Crippen LogP contribution in [0, 0.1) is 6.92 Å². The number of nitrogens with zero attached hydrogens (tertiary/aromatic N) is 1. The van der Waals surface area contributed by atoms with Crippen LogP contribution in [0.15, 0.2) is 29.0 Å². The highest BCUT2D eigenvalue weighted by atomic mass is 35.5. The third kappa shape index (κ3) is 3.05. The van der Waals surface area contributed by atoms with Crippen molar-refractivity contribution in [3.05, 3.63) is 46.6 Å². The van der Waals surface area contributed by atoms with Crippen LogP contribution in [0.3, 0.4) is 0 Å². The molecule has 1 aromatic carbocycles. The van der Waals surface area contributed by atoms with E-state index in [1.54, 1.807) is 6.07 Å². The van der Waals surface area contributed by atoms with E-state index in [1.807, 2.05) is 19.1 Å². The van der Waals surface area contributed by atoms with Crippen LogP contribution in [-0.4, -0.2) is 4.98 Å². The zero-order chi connectivity index (χ0) is 13.1. The van der Waals surface area contributed by atoms with Crippen LogP contribution in [0.5, 0.6) is 5.75 Å². The van der Waals surface area contributed by atoms with Crippen molar-refractivity contribution in [3.8, 4) is 5.75 Å². The summed E-state index contributed by atoms with van der Waals surface area (Å²) in [4.78, 5) is 4.02. The summed E-state index contributed by atoms with van der Waals surface area (Å²) < 4.78 is 10.9. The number of rotatable bonds is 4. The van der Waals surface area contributed by atoms with Gasteiger partial charge in [0.25, 0.3) is 0 Å². The number of hydrogen-bond donors (Lipinski definition) is 0. The third-order valence-corrected chi connectivity index (χ3v) is 2.99. The predicted octanol–water partition coefficient (Wildman–Crippen LogP) is 4.34. The van der Waals surface area contributed by atoms with E-state index in [-0.39, 0.29) is 0 Å². The molecule has 96 valence electrons. The Hall–Kier alpha value is -1.48. The van der Waals surface area contributed by atoms with Crippen LogP contribution in [0.2, 0.25) is 5.02 Å². The van der Waals surface area contributed by atoms with Crippen molar-refractivity contribution in [1.82, 2.24) is 4.98 Å². The first-order valence-corrected chi connectivity index (χ1v) is 6.26. The summed E-state index contributed by atoms with van der Waals surface area (Å²) in [6.45, 7) is 6.50. The molecule has 3 nitrogen and oxygen atoms in total. The normalized spacial score (nSPS) is 10.9. The van der Waals surface area contributed by atoms with Crippen LogP contribution < -0.4 is 4.74 Å². The molecular weight excluding hydrogens is 250 g/mol. The van der Waals surface area contributed by atoms with E-state index in [2.05, 4.69) is 18.8 Å². The molecule has 2 aromatic rings. The number of aromatic nitrogens is 1. The molecule has 0 saturated heterocycles. The van der Waals surface area contributed by atoms with E-state index in [0.717, 1.165) is 22.8 Å². The van der Waals surface area contributed by atoms with Gasteiger partial charge in [0.15, 0.2) is 12.2 Å². The molecule has 0 atom stereocenters. The van der Waals surface area contributed by atoms with Gasteiger partial charge in [0, 0.05) is 5.02 Å². The van der Waals surface area contributed by atoms with Gasteiger partial charge < -0.3 is 9.15 Å². The maximum Gasteiger partial charge on any atom is 0.181 e. The molecule has 0 aliphatic carbocycles. The second kappa shape index (κ2) is 5.44. The summed E-state index contributed by atoms with van der Waals surface area (Å²) in [6, 6.07) is 5.76. The Morgan fingerprint density at radius 3 is 2.72 bits per heavy atom. The number of aryl methyl sites for hydroxylation is 1. The zero-order valence-corrected chi connectivity index (χ0v) is 11.5. The van der Waals surface area contributed by atoms with Gasteiger partial charge in [-0.05, 0) is 36.6 Å². The standard InChI is InChI=1S/C14H16ClNO2/c1-9(2)11-4-12(15)6-13(5-11)17-7-14-10(3)16-8-18-14/h4-6,8-9H,7H2,1-3H3. The largest absolute Gasteiger partial charge is 0.486 e. The SMILES string of the molecule is Cc1ncoc1COc1cc(Cl)cc(C(C)C)c1. The molecule has 18 heavy (non-hydrogen) atoms. The molecular formula is C14H16ClNO2. The highest BCUT2D eigenvalue weighted by molar-refractivity contribution is 6.30. The maximum absolute atomic E-state index is 6.07. The third-order valence-electron chi connectivity index (χ3n) is 2.78. The van der Waals surface area contributed by atoms with Gasteiger partial charge in [-0.3, -0.25) is 0 Å². The number of halogens is 1. The lowest BCUT2D eigenvalue weighted by Crippen LogP contribution is -1.97. The van der Waals surface area contributed by atoms with Crippen LogP contribution in [-0.2, 0) is 6.61 Å². The minimum absolute atomic E-state index is 0.365. The second-order valence-electron chi connectivity index (χ2n) is 4.52. The first-order chi connectivity index (χ1) is 8.56. The molecule has 0 aliphatic heterocycles. The van der Waals surface area contributed by atoms with E-state index < -0.39 is 0 Å². The maximum atomic E-state index is 6.07. The monoisotopic (exact) mass is 265 g/mol. The molecule has 0 N–H and O–H groups in total. The lowest BCUT2D eigenvalue weighted by molar-refractivity contribution is 0.269. The van der Waals surface area contributed by atoms with Gasteiger partial charge in [0.1, 0.15) is 12.4 Å². The van der Waals surface area contributed by atoms with Gasteiger partial charge in [0.2, 0.25) is 0 Å². The van der Waals surface area contributed by atoms with Gasteiger partial charge in [-0.1, -0.05) is 25.4 Å². The van der Waals surface area contributed by atoms with Gasteiger partial charge >= 0.3 is 0 Å².